The third-order valence-electron chi connectivity index (χ3n) is 3.70. The molecule has 2 atom stereocenters. The Labute approximate surface area is 111 Å². The zero-order chi connectivity index (χ0) is 13.4. The summed E-state index contributed by atoms with van der Waals surface area (Å²) in [7, 11) is 0. The van der Waals surface area contributed by atoms with Crippen molar-refractivity contribution in [3.8, 4) is 5.75 Å². The second-order valence-corrected chi connectivity index (χ2v) is 4.83. The summed E-state index contributed by atoms with van der Waals surface area (Å²) in [4.78, 5) is 23.9. The number of carbonyl (C=O) groups excluding carboxylic acids is 2. The van der Waals surface area contributed by atoms with Crippen molar-refractivity contribution in [3.05, 3.63) is 42.0 Å². The molecule has 0 radical (unpaired) electrons. The Morgan fingerprint density at radius 2 is 2.00 bits per heavy atom. The lowest BCUT2D eigenvalue weighted by molar-refractivity contribution is -0.134. The number of rotatable bonds is 1. The van der Waals surface area contributed by atoms with Gasteiger partial charge in [0.15, 0.2) is 0 Å². The Morgan fingerprint density at radius 1 is 1.21 bits per heavy atom. The highest BCUT2D eigenvalue weighted by atomic mass is 16.5. The van der Waals surface area contributed by atoms with Crippen LogP contribution < -0.4 is 4.74 Å². The fourth-order valence-corrected chi connectivity index (χ4v) is 2.71. The molecule has 0 aromatic heterocycles. The zero-order valence-electron chi connectivity index (χ0n) is 10.4. The summed E-state index contributed by atoms with van der Waals surface area (Å²) in [6.45, 7) is 4.60. The number of hydrogen-bond donors (Lipinski definition) is 0. The fraction of sp³-hybridized carbons (Fsp3) is 0.333. The molecule has 0 aliphatic carbocycles. The average Bonchev–Trinajstić information content (AvgIpc) is 2.42. The van der Waals surface area contributed by atoms with Gasteiger partial charge in [0.05, 0.1) is 19.1 Å². The first-order valence-electron chi connectivity index (χ1n) is 6.29. The van der Waals surface area contributed by atoms with E-state index in [4.69, 9.17) is 9.47 Å². The van der Waals surface area contributed by atoms with Gasteiger partial charge in [-0.05, 0) is 6.07 Å². The van der Waals surface area contributed by atoms with E-state index in [-0.39, 0.29) is 17.6 Å². The van der Waals surface area contributed by atoms with Gasteiger partial charge in [0, 0.05) is 23.5 Å². The van der Waals surface area contributed by atoms with Crippen molar-refractivity contribution in [2.24, 2.45) is 5.92 Å². The largest absolute Gasteiger partial charge is 0.423 e. The molecule has 2 heterocycles. The van der Waals surface area contributed by atoms with Gasteiger partial charge in [-0.1, -0.05) is 24.8 Å². The number of esters is 1. The third-order valence-corrected chi connectivity index (χ3v) is 3.70. The van der Waals surface area contributed by atoms with Crippen molar-refractivity contribution in [2.75, 3.05) is 13.2 Å². The molecule has 1 aromatic rings. The van der Waals surface area contributed by atoms with Crippen LogP contribution in [0.1, 0.15) is 17.9 Å². The summed E-state index contributed by atoms with van der Waals surface area (Å²) in [5.41, 5.74) is 1.18. The van der Waals surface area contributed by atoms with Crippen molar-refractivity contribution < 1.29 is 19.1 Å². The molecule has 2 aliphatic rings. The van der Waals surface area contributed by atoms with Crippen LogP contribution >= 0.6 is 0 Å². The van der Waals surface area contributed by atoms with E-state index in [2.05, 4.69) is 6.58 Å². The predicted molar refractivity (Wildman–Crippen MR) is 67.9 cm³/mol. The Bertz CT molecular complexity index is 561. The Hall–Kier alpha value is -1.94. The van der Waals surface area contributed by atoms with E-state index in [0.29, 0.717) is 31.0 Å². The molecule has 3 rings (SSSR count). The van der Waals surface area contributed by atoms with Crippen LogP contribution in [0.4, 0.5) is 0 Å². The summed E-state index contributed by atoms with van der Waals surface area (Å²) in [5.74, 6) is -0.479. The number of hydrogen-bond acceptors (Lipinski definition) is 4. The minimum atomic E-state index is -0.456. The molecule has 0 bridgehead atoms. The number of ketones is 1. The first kappa shape index (κ1) is 12.1. The SMILES string of the molecule is C=C1C(=O)Oc2ccccc2[C@H]1[C@@H]1COCCC1=O. The minimum Gasteiger partial charge on any atom is -0.423 e. The molecule has 0 spiro atoms. The van der Waals surface area contributed by atoms with E-state index in [1.807, 2.05) is 12.1 Å². The minimum absolute atomic E-state index is 0.127. The van der Waals surface area contributed by atoms with Crippen LogP contribution in [0.5, 0.6) is 5.75 Å². The quantitative estimate of drug-likeness (QED) is 0.438. The number of Topliss-reactive ketones (excluding diaryl/α,β-unsaturated/α-hetero) is 1. The zero-order valence-corrected chi connectivity index (χ0v) is 10.4. The Kier molecular flexibility index (Phi) is 2.95. The molecule has 0 saturated carbocycles. The number of carbonyl (C=O) groups is 2. The first-order chi connectivity index (χ1) is 9.18. The van der Waals surface area contributed by atoms with Crippen LogP contribution in [0.25, 0.3) is 0 Å². The van der Waals surface area contributed by atoms with E-state index in [1.165, 1.54) is 0 Å². The van der Waals surface area contributed by atoms with Crippen molar-refractivity contribution in [1.82, 2.24) is 0 Å². The van der Waals surface area contributed by atoms with Crippen LogP contribution in [0.2, 0.25) is 0 Å². The number of fused-ring (bicyclic) bond motifs is 1. The Balaban J connectivity index is 2.05. The molecular weight excluding hydrogens is 244 g/mol. The molecule has 98 valence electrons. The van der Waals surface area contributed by atoms with Crippen LogP contribution in [0.15, 0.2) is 36.4 Å². The molecule has 1 fully saturated rings. The van der Waals surface area contributed by atoms with Gasteiger partial charge in [-0.2, -0.15) is 0 Å². The van der Waals surface area contributed by atoms with Gasteiger partial charge in [0.2, 0.25) is 0 Å². The van der Waals surface area contributed by atoms with E-state index in [0.717, 1.165) is 5.56 Å². The number of ether oxygens (including phenoxy) is 2. The van der Waals surface area contributed by atoms with Crippen LogP contribution in [0.3, 0.4) is 0 Å². The molecular formula is C15H14O4. The van der Waals surface area contributed by atoms with Gasteiger partial charge in [0.1, 0.15) is 11.5 Å². The normalized spacial score (nSPS) is 26.8. The smallest absolute Gasteiger partial charge is 0.339 e. The maximum absolute atomic E-state index is 12.1. The number of benzene rings is 1. The van der Waals surface area contributed by atoms with Crippen LogP contribution in [0, 0.1) is 5.92 Å². The molecule has 2 aliphatic heterocycles. The number of para-hydroxylation sites is 1. The van der Waals surface area contributed by atoms with E-state index in [9.17, 15) is 9.59 Å². The van der Waals surface area contributed by atoms with Crippen LogP contribution in [-0.2, 0) is 14.3 Å². The first-order valence-corrected chi connectivity index (χ1v) is 6.29. The highest BCUT2D eigenvalue weighted by Gasteiger charge is 2.40. The molecule has 1 aromatic carbocycles. The lowest BCUT2D eigenvalue weighted by Gasteiger charge is -2.33. The summed E-state index contributed by atoms with van der Waals surface area (Å²) in [6.07, 6.45) is 0.395. The fourth-order valence-electron chi connectivity index (χ4n) is 2.71. The summed E-state index contributed by atoms with van der Waals surface area (Å²) >= 11 is 0. The van der Waals surface area contributed by atoms with Crippen LogP contribution in [-0.4, -0.2) is 25.0 Å². The van der Waals surface area contributed by atoms with Crippen molar-refractivity contribution in [1.29, 1.82) is 0 Å². The standard InChI is InChI=1S/C15H14O4/c1-9-14(11-8-18-7-6-12(11)16)10-4-2-3-5-13(10)19-15(9)17/h2-5,11,14H,1,6-8H2/t11-,14+/m1/s1. The molecule has 4 heteroatoms. The van der Waals surface area contributed by atoms with Crippen molar-refractivity contribution in [3.63, 3.8) is 0 Å². The highest BCUT2D eigenvalue weighted by molar-refractivity contribution is 5.96. The molecule has 4 nitrogen and oxygen atoms in total. The van der Waals surface area contributed by atoms with Crippen molar-refractivity contribution in [2.45, 2.75) is 12.3 Å². The highest BCUT2D eigenvalue weighted by Crippen LogP contribution is 2.42. The van der Waals surface area contributed by atoms with Gasteiger partial charge in [-0.25, -0.2) is 4.79 Å². The lowest BCUT2D eigenvalue weighted by Crippen LogP contribution is -2.37. The lowest BCUT2D eigenvalue weighted by atomic mass is 9.76. The maximum Gasteiger partial charge on any atom is 0.339 e. The summed E-state index contributed by atoms with van der Waals surface area (Å²) < 4.78 is 10.6. The molecule has 0 amide bonds. The second kappa shape index (κ2) is 4.63. The summed E-state index contributed by atoms with van der Waals surface area (Å²) in [6, 6.07) is 7.28. The van der Waals surface area contributed by atoms with Gasteiger partial charge < -0.3 is 9.47 Å². The van der Waals surface area contributed by atoms with E-state index < -0.39 is 5.97 Å². The molecule has 1 saturated heterocycles. The average molecular weight is 258 g/mol. The molecule has 19 heavy (non-hydrogen) atoms. The third kappa shape index (κ3) is 1.98. The van der Waals surface area contributed by atoms with Crippen molar-refractivity contribution >= 4 is 11.8 Å². The predicted octanol–water partition coefficient (Wildman–Crippen LogP) is 1.85. The summed E-state index contributed by atoms with van der Waals surface area (Å²) in [5, 5.41) is 0. The van der Waals surface area contributed by atoms with Gasteiger partial charge in [0.25, 0.3) is 0 Å². The van der Waals surface area contributed by atoms with E-state index in [1.54, 1.807) is 12.1 Å². The molecule has 0 N–H and O–H groups in total. The van der Waals surface area contributed by atoms with Gasteiger partial charge in [-0.3, -0.25) is 4.79 Å². The molecule has 0 unspecified atom stereocenters. The second-order valence-electron chi connectivity index (χ2n) is 4.83. The maximum atomic E-state index is 12.1. The van der Waals surface area contributed by atoms with Gasteiger partial charge >= 0.3 is 5.97 Å². The topological polar surface area (TPSA) is 52.6 Å². The Morgan fingerprint density at radius 3 is 2.79 bits per heavy atom. The van der Waals surface area contributed by atoms with E-state index >= 15 is 0 Å². The van der Waals surface area contributed by atoms with Gasteiger partial charge in [-0.15, -0.1) is 0 Å². The monoisotopic (exact) mass is 258 g/mol.